The molecule has 1 aliphatic carbocycles. The Balaban J connectivity index is 2.05. The number of carbonyl (C=O) groups excluding carboxylic acids is 1. The van der Waals surface area contributed by atoms with Crippen LogP contribution in [0.3, 0.4) is 0 Å². The van der Waals surface area contributed by atoms with Crippen LogP contribution in [-0.2, 0) is 0 Å². The van der Waals surface area contributed by atoms with Gasteiger partial charge in [-0.3, -0.25) is 0 Å². The number of carboxylic acid groups (broad SMARTS) is 1. The lowest BCUT2D eigenvalue weighted by atomic mass is 10.1. The van der Waals surface area contributed by atoms with Crippen molar-refractivity contribution < 1.29 is 14.7 Å². The van der Waals surface area contributed by atoms with Gasteiger partial charge in [0.25, 0.3) is 0 Å². The molecule has 2 atom stereocenters. The van der Waals surface area contributed by atoms with Crippen LogP contribution in [0.5, 0.6) is 0 Å². The van der Waals surface area contributed by atoms with E-state index >= 15 is 0 Å². The van der Waals surface area contributed by atoms with Crippen molar-refractivity contribution in [1.29, 1.82) is 0 Å². The van der Waals surface area contributed by atoms with Crippen LogP contribution in [0.2, 0.25) is 0 Å². The lowest BCUT2D eigenvalue weighted by Gasteiger charge is -2.11. The number of nitrogens with one attached hydrogen (secondary N) is 2. The van der Waals surface area contributed by atoms with E-state index in [4.69, 9.17) is 5.11 Å². The van der Waals surface area contributed by atoms with Gasteiger partial charge in [-0.2, -0.15) is 0 Å². The van der Waals surface area contributed by atoms with Crippen molar-refractivity contribution >= 4 is 17.7 Å². The Kier molecular flexibility index (Phi) is 3.74. The van der Waals surface area contributed by atoms with Gasteiger partial charge in [-0.25, -0.2) is 9.59 Å². The summed E-state index contributed by atoms with van der Waals surface area (Å²) in [5.41, 5.74) is 1.10. The smallest absolute Gasteiger partial charge is 0.338 e. The van der Waals surface area contributed by atoms with E-state index < -0.39 is 5.97 Å². The second-order valence-electron chi connectivity index (χ2n) is 4.91. The van der Waals surface area contributed by atoms with Gasteiger partial charge in [-0.1, -0.05) is 25.5 Å². The predicted molar refractivity (Wildman–Crippen MR) is 72.5 cm³/mol. The number of anilines is 1. The lowest BCUT2D eigenvalue weighted by Crippen LogP contribution is -2.32. The maximum Gasteiger partial charge on any atom is 0.338 e. The van der Waals surface area contributed by atoms with Gasteiger partial charge in [-0.15, -0.1) is 0 Å². The summed E-state index contributed by atoms with van der Waals surface area (Å²) in [6.45, 7) is 3.80. The monoisotopic (exact) mass is 262 g/mol. The Bertz CT molecular complexity index is 513. The first-order valence-electron chi connectivity index (χ1n) is 6.43. The Morgan fingerprint density at radius 3 is 2.74 bits per heavy atom. The fourth-order valence-corrected chi connectivity index (χ4v) is 2.26. The molecule has 3 N–H and O–H groups in total. The normalized spacial score (nSPS) is 20.7. The van der Waals surface area contributed by atoms with Crippen LogP contribution in [0.15, 0.2) is 18.2 Å². The molecule has 0 spiro atoms. The Morgan fingerprint density at radius 2 is 2.16 bits per heavy atom. The number of urea groups is 1. The van der Waals surface area contributed by atoms with E-state index in [0.717, 1.165) is 12.8 Å². The summed E-state index contributed by atoms with van der Waals surface area (Å²) in [4.78, 5) is 23.0. The largest absolute Gasteiger partial charge is 0.478 e. The van der Waals surface area contributed by atoms with Crippen molar-refractivity contribution in [2.24, 2.45) is 5.92 Å². The quantitative estimate of drug-likeness (QED) is 0.780. The van der Waals surface area contributed by atoms with E-state index in [9.17, 15) is 9.59 Å². The molecule has 0 aromatic heterocycles. The number of hydrogen-bond acceptors (Lipinski definition) is 2. The maximum absolute atomic E-state index is 11.8. The van der Waals surface area contributed by atoms with Crippen molar-refractivity contribution in [2.75, 3.05) is 5.32 Å². The molecule has 5 heteroatoms. The van der Waals surface area contributed by atoms with Crippen molar-refractivity contribution in [3.8, 4) is 0 Å². The summed E-state index contributed by atoms with van der Waals surface area (Å²) in [7, 11) is 0. The fraction of sp³-hybridized carbons (Fsp3) is 0.429. The molecule has 0 radical (unpaired) electrons. The van der Waals surface area contributed by atoms with E-state index in [1.165, 1.54) is 0 Å². The van der Waals surface area contributed by atoms with Gasteiger partial charge >= 0.3 is 12.0 Å². The van der Waals surface area contributed by atoms with Crippen LogP contribution in [0.4, 0.5) is 10.5 Å². The van der Waals surface area contributed by atoms with Crippen molar-refractivity contribution in [3.05, 3.63) is 29.3 Å². The Labute approximate surface area is 112 Å². The molecule has 0 aliphatic heterocycles. The fourth-order valence-electron chi connectivity index (χ4n) is 2.26. The molecule has 1 aliphatic rings. The van der Waals surface area contributed by atoms with E-state index in [-0.39, 0.29) is 17.6 Å². The molecule has 2 rings (SSSR count). The first kappa shape index (κ1) is 13.4. The number of aromatic carboxylic acids is 1. The summed E-state index contributed by atoms with van der Waals surface area (Å²) < 4.78 is 0. The number of carboxylic acids is 1. The van der Waals surface area contributed by atoms with Crippen LogP contribution >= 0.6 is 0 Å². The first-order valence-corrected chi connectivity index (χ1v) is 6.43. The Morgan fingerprint density at radius 1 is 1.42 bits per heavy atom. The minimum Gasteiger partial charge on any atom is -0.478 e. The molecule has 0 bridgehead atoms. The number of hydrogen-bond donors (Lipinski definition) is 3. The molecule has 1 saturated carbocycles. The van der Waals surface area contributed by atoms with Gasteiger partial charge in [0, 0.05) is 6.04 Å². The third-order valence-corrected chi connectivity index (χ3v) is 3.50. The summed E-state index contributed by atoms with van der Waals surface area (Å²) >= 11 is 0. The number of aryl methyl sites for hydroxylation is 1. The average molecular weight is 262 g/mol. The van der Waals surface area contributed by atoms with Gasteiger partial charge in [0.15, 0.2) is 0 Å². The highest BCUT2D eigenvalue weighted by Crippen LogP contribution is 2.33. The molecule has 0 saturated heterocycles. The van der Waals surface area contributed by atoms with Crippen molar-refractivity contribution in [2.45, 2.75) is 32.7 Å². The van der Waals surface area contributed by atoms with E-state index in [1.54, 1.807) is 25.1 Å². The molecule has 1 aromatic rings. The van der Waals surface area contributed by atoms with Crippen LogP contribution in [-0.4, -0.2) is 23.1 Å². The zero-order valence-corrected chi connectivity index (χ0v) is 11.1. The predicted octanol–water partition coefficient (Wildman–Crippen LogP) is 2.61. The van der Waals surface area contributed by atoms with E-state index in [1.807, 2.05) is 0 Å². The van der Waals surface area contributed by atoms with E-state index in [2.05, 4.69) is 17.6 Å². The summed E-state index contributed by atoms with van der Waals surface area (Å²) in [5, 5.41) is 14.6. The zero-order valence-electron chi connectivity index (χ0n) is 11.1. The van der Waals surface area contributed by atoms with Crippen LogP contribution in [0.1, 0.15) is 35.7 Å². The molecule has 102 valence electrons. The maximum atomic E-state index is 11.8. The minimum atomic E-state index is -1.04. The minimum absolute atomic E-state index is 0.139. The third kappa shape index (κ3) is 3.05. The standard InChI is InChI=1S/C14H18N2O3/c1-3-9-7-11(9)16-14(19)15-10-6-4-5-8(2)12(10)13(17)18/h4-6,9,11H,3,7H2,1-2H3,(H,17,18)(H2,15,16,19). The molecule has 1 fully saturated rings. The van der Waals surface area contributed by atoms with Gasteiger partial charge < -0.3 is 15.7 Å². The summed E-state index contributed by atoms with van der Waals surface area (Å²) in [6, 6.07) is 4.92. The summed E-state index contributed by atoms with van der Waals surface area (Å²) in [5.74, 6) is -0.478. The van der Waals surface area contributed by atoms with Crippen molar-refractivity contribution in [1.82, 2.24) is 5.32 Å². The molecule has 5 nitrogen and oxygen atoms in total. The zero-order chi connectivity index (χ0) is 14.0. The number of benzene rings is 1. The lowest BCUT2D eigenvalue weighted by molar-refractivity contribution is 0.0697. The Hall–Kier alpha value is -2.04. The molecular weight excluding hydrogens is 244 g/mol. The molecule has 19 heavy (non-hydrogen) atoms. The SMILES string of the molecule is CCC1CC1NC(=O)Nc1cccc(C)c1C(=O)O. The van der Waals surface area contributed by atoms with Gasteiger partial charge in [0.2, 0.25) is 0 Å². The van der Waals surface area contributed by atoms with Gasteiger partial charge in [0.05, 0.1) is 11.3 Å². The first-order chi connectivity index (χ1) is 9.02. The van der Waals surface area contributed by atoms with Gasteiger partial charge in [-0.05, 0) is 30.9 Å². The van der Waals surface area contributed by atoms with Crippen LogP contribution in [0.25, 0.3) is 0 Å². The van der Waals surface area contributed by atoms with Crippen LogP contribution < -0.4 is 10.6 Å². The number of rotatable bonds is 4. The highest BCUT2D eigenvalue weighted by Gasteiger charge is 2.36. The van der Waals surface area contributed by atoms with Gasteiger partial charge in [0.1, 0.15) is 0 Å². The highest BCUT2D eigenvalue weighted by atomic mass is 16.4. The summed E-state index contributed by atoms with van der Waals surface area (Å²) in [6.07, 6.45) is 2.05. The second kappa shape index (κ2) is 5.30. The highest BCUT2D eigenvalue weighted by molar-refractivity contribution is 6.01. The number of amides is 2. The molecule has 2 amide bonds. The molecule has 1 aromatic carbocycles. The topological polar surface area (TPSA) is 78.4 Å². The average Bonchev–Trinajstić information content (AvgIpc) is 3.06. The molecule has 0 heterocycles. The molecule has 2 unspecified atom stereocenters. The van der Waals surface area contributed by atoms with Crippen LogP contribution in [0, 0.1) is 12.8 Å². The number of carbonyl (C=O) groups is 2. The third-order valence-electron chi connectivity index (χ3n) is 3.50. The molecular formula is C14H18N2O3. The van der Waals surface area contributed by atoms with Crippen molar-refractivity contribution in [3.63, 3.8) is 0 Å². The van der Waals surface area contributed by atoms with E-state index in [0.29, 0.717) is 17.2 Å². The second-order valence-corrected chi connectivity index (χ2v) is 4.91.